The van der Waals surface area contributed by atoms with Gasteiger partial charge in [0.15, 0.2) is 0 Å². The molecule has 0 fully saturated rings. The summed E-state index contributed by atoms with van der Waals surface area (Å²) < 4.78 is 0. The van der Waals surface area contributed by atoms with E-state index in [0.29, 0.717) is 0 Å². The Kier molecular flexibility index (Phi) is 30.4. The molecule has 0 radical (unpaired) electrons. The Labute approximate surface area is 122 Å². The van der Waals surface area contributed by atoms with Crippen LogP contribution in [0, 0.1) is 0 Å². The molecular weight excluding hydrogens is 228 g/mol. The number of hydrogen-bond donors (Lipinski definition) is 0. The van der Waals surface area contributed by atoms with E-state index in [1.807, 2.05) is 27.7 Å². The maximum atomic E-state index is 2.12. The second-order valence-corrected chi connectivity index (χ2v) is 3.05. The minimum atomic E-state index is 0. The van der Waals surface area contributed by atoms with Crippen molar-refractivity contribution < 1.29 is 0 Å². The van der Waals surface area contributed by atoms with E-state index in [9.17, 15) is 0 Å². The van der Waals surface area contributed by atoms with E-state index in [0.717, 1.165) is 0 Å². The fourth-order valence-electron chi connectivity index (χ4n) is 1.13. The van der Waals surface area contributed by atoms with Gasteiger partial charge >= 0.3 is 0 Å². The van der Waals surface area contributed by atoms with E-state index in [4.69, 9.17) is 0 Å². The first-order chi connectivity index (χ1) is 8.38. The predicted molar refractivity (Wildman–Crippen MR) is 96.1 cm³/mol. The van der Waals surface area contributed by atoms with E-state index < -0.39 is 0 Å². The third-order valence-electron chi connectivity index (χ3n) is 1.66. The number of rotatable bonds is 0. The largest absolute Gasteiger partial charge is 0.0776 e. The van der Waals surface area contributed by atoms with Crippen LogP contribution in [0.15, 0.2) is 48.5 Å². The number of hydrogen-bond acceptors (Lipinski definition) is 0. The molecule has 0 amide bonds. The molecule has 19 heavy (non-hydrogen) atoms. The molecule has 0 saturated carbocycles. The zero-order valence-electron chi connectivity index (χ0n) is 12.3. The number of fused-ring (bicyclic) bond motifs is 1. The van der Waals surface area contributed by atoms with Crippen molar-refractivity contribution in [2.45, 2.75) is 62.8 Å². The molecule has 0 aliphatic carbocycles. The Morgan fingerprint density at radius 2 is 0.737 bits per heavy atom. The van der Waals surface area contributed by atoms with Crippen molar-refractivity contribution >= 4 is 10.8 Å². The highest BCUT2D eigenvalue weighted by Gasteiger charge is 1.85. The molecular formula is C19H36. The second kappa shape index (κ2) is 21.9. The van der Waals surface area contributed by atoms with Crippen molar-refractivity contribution in [3.8, 4) is 0 Å². The zero-order chi connectivity index (χ0) is 13.5. The summed E-state index contributed by atoms with van der Waals surface area (Å²) >= 11 is 0. The average molecular weight is 264 g/mol. The van der Waals surface area contributed by atoms with Gasteiger partial charge in [0.1, 0.15) is 0 Å². The summed E-state index contributed by atoms with van der Waals surface area (Å²) in [4.78, 5) is 0. The van der Waals surface area contributed by atoms with Gasteiger partial charge < -0.3 is 0 Å². The molecule has 112 valence electrons. The fraction of sp³-hybridized carbons (Fsp3) is 0.474. The molecule has 0 aliphatic heterocycles. The summed E-state index contributed by atoms with van der Waals surface area (Å²) in [5.41, 5.74) is 0. The zero-order valence-corrected chi connectivity index (χ0v) is 12.3. The molecule has 0 unspecified atom stereocenters. The van der Waals surface area contributed by atoms with Crippen LogP contribution in [0.4, 0.5) is 0 Å². The monoisotopic (exact) mass is 264 g/mol. The van der Waals surface area contributed by atoms with Crippen molar-refractivity contribution in [2.24, 2.45) is 0 Å². The number of benzene rings is 2. The summed E-state index contributed by atoms with van der Waals surface area (Å²) in [6.07, 6.45) is 1.25. The summed E-state index contributed by atoms with van der Waals surface area (Å²) in [6, 6.07) is 16.7. The standard InChI is InChI=1S/C10H8.C3H8.2C2H6.2CH4/c1-2-6-10-8-4-3-7-9(10)5-1;1-3-2;2*1-2;;/h1-8H;3H2,1-2H3;2*1-2H3;2*1H4. The molecule has 0 saturated heterocycles. The van der Waals surface area contributed by atoms with E-state index in [-0.39, 0.29) is 14.9 Å². The minimum Gasteiger partial charge on any atom is -0.0776 e. The summed E-state index contributed by atoms with van der Waals surface area (Å²) in [6.45, 7) is 12.2. The van der Waals surface area contributed by atoms with E-state index in [1.165, 1.54) is 17.2 Å². The molecule has 2 aromatic rings. The van der Waals surface area contributed by atoms with Crippen LogP contribution in [0.25, 0.3) is 10.8 Å². The van der Waals surface area contributed by atoms with Crippen molar-refractivity contribution in [1.82, 2.24) is 0 Å². The molecule has 0 nitrogen and oxygen atoms in total. The van der Waals surface area contributed by atoms with Gasteiger partial charge in [-0.1, -0.05) is 111 Å². The van der Waals surface area contributed by atoms with E-state index in [1.54, 1.807) is 0 Å². The highest BCUT2D eigenvalue weighted by atomic mass is 13.9. The third-order valence-corrected chi connectivity index (χ3v) is 1.66. The van der Waals surface area contributed by atoms with Crippen LogP contribution in [-0.4, -0.2) is 0 Å². The Balaban J connectivity index is -0.000000110. The van der Waals surface area contributed by atoms with Crippen LogP contribution in [0.1, 0.15) is 62.8 Å². The Bertz CT molecular complexity index is 284. The van der Waals surface area contributed by atoms with Crippen LogP contribution in [0.2, 0.25) is 0 Å². The predicted octanol–water partition coefficient (Wildman–Crippen LogP) is 7.58. The quantitative estimate of drug-likeness (QED) is 0.460. The summed E-state index contributed by atoms with van der Waals surface area (Å²) in [7, 11) is 0. The van der Waals surface area contributed by atoms with Gasteiger partial charge in [0.2, 0.25) is 0 Å². The minimum absolute atomic E-state index is 0. The lowest BCUT2D eigenvalue weighted by molar-refractivity contribution is 1.09. The second-order valence-electron chi connectivity index (χ2n) is 3.05. The molecule has 2 aromatic carbocycles. The normalized spacial score (nSPS) is 6.84. The molecule has 0 heteroatoms. The van der Waals surface area contributed by atoms with Crippen molar-refractivity contribution in [2.75, 3.05) is 0 Å². The Morgan fingerprint density at radius 3 is 0.895 bits per heavy atom. The van der Waals surface area contributed by atoms with Crippen LogP contribution in [-0.2, 0) is 0 Å². The first-order valence-corrected chi connectivity index (χ1v) is 6.82. The van der Waals surface area contributed by atoms with Gasteiger partial charge in [0.05, 0.1) is 0 Å². The molecule has 0 aliphatic rings. The van der Waals surface area contributed by atoms with Crippen molar-refractivity contribution in [1.29, 1.82) is 0 Å². The van der Waals surface area contributed by atoms with Crippen molar-refractivity contribution in [3.63, 3.8) is 0 Å². The average Bonchev–Trinajstić information content (AvgIpc) is 2.44. The molecule has 0 aromatic heterocycles. The highest BCUT2D eigenvalue weighted by Crippen LogP contribution is 2.11. The lowest BCUT2D eigenvalue weighted by Gasteiger charge is -1.92. The van der Waals surface area contributed by atoms with Gasteiger partial charge in [0, 0.05) is 0 Å². The van der Waals surface area contributed by atoms with Crippen LogP contribution in [0.3, 0.4) is 0 Å². The van der Waals surface area contributed by atoms with Gasteiger partial charge in [-0.2, -0.15) is 0 Å². The van der Waals surface area contributed by atoms with Crippen molar-refractivity contribution in [3.05, 3.63) is 48.5 Å². The smallest absolute Gasteiger partial charge is 0.0184 e. The Morgan fingerprint density at radius 1 is 0.579 bits per heavy atom. The molecule has 0 N–H and O–H groups in total. The molecule has 0 atom stereocenters. The lowest BCUT2D eigenvalue weighted by atomic mass is 10.1. The molecule has 0 spiro atoms. The maximum absolute atomic E-state index is 2.12. The first-order valence-electron chi connectivity index (χ1n) is 6.82. The Hall–Kier alpha value is -1.30. The van der Waals surface area contributed by atoms with Gasteiger partial charge in [-0.05, 0) is 10.8 Å². The first kappa shape index (κ1) is 26.3. The van der Waals surface area contributed by atoms with Crippen LogP contribution in [0.5, 0.6) is 0 Å². The molecule has 2 rings (SSSR count). The van der Waals surface area contributed by atoms with E-state index >= 15 is 0 Å². The van der Waals surface area contributed by atoms with Gasteiger partial charge in [0.25, 0.3) is 0 Å². The third kappa shape index (κ3) is 12.9. The topological polar surface area (TPSA) is 0 Å². The summed E-state index contributed by atoms with van der Waals surface area (Å²) in [5.74, 6) is 0. The summed E-state index contributed by atoms with van der Waals surface area (Å²) in [5, 5.41) is 2.62. The lowest BCUT2D eigenvalue weighted by Crippen LogP contribution is -1.67. The molecule has 0 heterocycles. The highest BCUT2D eigenvalue weighted by molar-refractivity contribution is 5.81. The fourth-order valence-corrected chi connectivity index (χ4v) is 1.13. The van der Waals surface area contributed by atoms with Crippen LogP contribution >= 0.6 is 0 Å². The maximum Gasteiger partial charge on any atom is -0.0184 e. The molecule has 0 bridgehead atoms. The van der Waals surface area contributed by atoms with Crippen LogP contribution < -0.4 is 0 Å². The van der Waals surface area contributed by atoms with Gasteiger partial charge in [-0.25, -0.2) is 0 Å². The van der Waals surface area contributed by atoms with Gasteiger partial charge in [-0.3, -0.25) is 0 Å². The van der Waals surface area contributed by atoms with Gasteiger partial charge in [-0.15, -0.1) is 0 Å². The SMILES string of the molecule is C.C.CC.CC.CCC.c1ccc2ccccc2c1. The van der Waals surface area contributed by atoms with E-state index in [2.05, 4.69) is 62.4 Å².